The van der Waals surface area contributed by atoms with Crippen LogP contribution >= 0.6 is 0 Å². The molecule has 6 nitrogen and oxygen atoms in total. The van der Waals surface area contributed by atoms with Crippen LogP contribution in [-0.4, -0.2) is 50.1 Å². The summed E-state index contributed by atoms with van der Waals surface area (Å²) >= 11 is 0. The van der Waals surface area contributed by atoms with E-state index in [1.165, 1.54) is 18.4 Å². The second kappa shape index (κ2) is 9.04. The van der Waals surface area contributed by atoms with Gasteiger partial charge >= 0.3 is 0 Å². The molecule has 0 bridgehead atoms. The highest BCUT2D eigenvalue weighted by molar-refractivity contribution is 5.99. The Kier molecular flexibility index (Phi) is 5.72. The molecule has 2 aromatic carbocycles. The van der Waals surface area contributed by atoms with Gasteiger partial charge in [-0.2, -0.15) is 5.10 Å². The van der Waals surface area contributed by atoms with Crippen LogP contribution in [0.1, 0.15) is 36.8 Å². The molecule has 1 aliphatic heterocycles. The molecule has 1 aliphatic carbocycles. The third-order valence-electron chi connectivity index (χ3n) is 7.64. The number of nitrogens with zero attached hydrogens (tertiary/aromatic N) is 6. The summed E-state index contributed by atoms with van der Waals surface area (Å²) < 4.78 is 15.5. The van der Waals surface area contributed by atoms with Gasteiger partial charge in [0.2, 0.25) is 0 Å². The summed E-state index contributed by atoms with van der Waals surface area (Å²) in [6, 6.07) is 16.8. The van der Waals surface area contributed by atoms with Gasteiger partial charge in [-0.1, -0.05) is 30.3 Å². The van der Waals surface area contributed by atoms with Gasteiger partial charge in [-0.3, -0.25) is 9.58 Å². The maximum absolute atomic E-state index is 13.6. The Labute approximate surface area is 205 Å². The molecule has 7 heteroatoms. The maximum Gasteiger partial charge on any atom is 0.159 e. The number of aryl methyl sites for hydroxylation is 2. The van der Waals surface area contributed by atoms with Crippen LogP contribution < -0.4 is 4.90 Å². The van der Waals surface area contributed by atoms with Gasteiger partial charge in [0, 0.05) is 55.7 Å². The molecular formula is C28H31FN6. The molecule has 3 heterocycles. The Bertz CT molecular complexity index is 1350. The maximum atomic E-state index is 13.6. The summed E-state index contributed by atoms with van der Waals surface area (Å²) in [6.45, 7) is 4.84. The van der Waals surface area contributed by atoms with E-state index in [1.807, 2.05) is 30.8 Å². The van der Waals surface area contributed by atoms with Gasteiger partial charge < -0.3 is 4.90 Å². The highest BCUT2D eigenvalue weighted by Gasteiger charge is 2.36. The van der Waals surface area contributed by atoms with E-state index in [1.54, 1.807) is 18.3 Å². The van der Waals surface area contributed by atoms with E-state index in [0.717, 1.165) is 66.0 Å². The van der Waals surface area contributed by atoms with Crippen LogP contribution in [0.4, 0.5) is 10.2 Å². The van der Waals surface area contributed by atoms with Gasteiger partial charge in [0.1, 0.15) is 11.5 Å². The van der Waals surface area contributed by atoms with Crippen LogP contribution in [0.2, 0.25) is 0 Å². The molecule has 1 saturated heterocycles. The minimum atomic E-state index is -0.153. The lowest BCUT2D eigenvalue weighted by molar-refractivity contribution is 0.150. The predicted molar refractivity (Wildman–Crippen MR) is 137 cm³/mol. The van der Waals surface area contributed by atoms with Gasteiger partial charge in [0.05, 0.1) is 5.69 Å². The molecular weight excluding hydrogens is 439 g/mol. The van der Waals surface area contributed by atoms with Crippen molar-refractivity contribution in [1.82, 2.24) is 24.9 Å². The normalized spacial score (nSPS) is 17.0. The van der Waals surface area contributed by atoms with Crippen molar-refractivity contribution in [3.05, 3.63) is 71.7 Å². The Hall–Kier alpha value is -3.32. The van der Waals surface area contributed by atoms with Gasteiger partial charge in [-0.25, -0.2) is 4.39 Å². The molecule has 0 amide bonds. The van der Waals surface area contributed by atoms with Crippen molar-refractivity contribution >= 4 is 16.6 Å². The molecule has 0 radical (unpaired) electrons. The topological polar surface area (TPSA) is 50.1 Å². The summed E-state index contributed by atoms with van der Waals surface area (Å²) in [7, 11) is 1.93. The first-order chi connectivity index (χ1) is 17.1. The largest absolute Gasteiger partial charge is 0.354 e. The Morgan fingerprint density at radius 1 is 0.943 bits per heavy atom. The third-order valence-corrected chi connectivity index (χ3v) is 7.64. The van der Waals surface area contributed by atoms with Crippen molar-refractivity contribution < 1.29 is 4.39 Å². The molecule has 0 N–H and O–H groups in total. The molecule has 0 atom stereocenters. The van der Waals surface area contributed by atoms with E-state index in [4.69, 9.17) is 5.10 Å². The summed E-state index contributed by atoms with van der Waals surface area (Å²) in [5.41, 5.74) is 4.12. The van der Waals surface area contributed by atoms with Gasteiger partial charge in [0.15, 0.2) is 5.82 Å². The molecule has 180 valence electrons. The van der Waals surface area contributed by atoms with Gasteiger partial charge in [-0.05, 0) is 61.9 Å². The highest BCUT2D eigenvalue weighted by Crippen LogP contribution is 2.36. The number of fused-ring (bicyclic) bond motifs is 1. The van der Waals surface area contributed by atoms with E-state index >= 15 is 0 Å². The van der Waals surface area contributed by atoms with Crippen LogP contribution in [0.25, 0.3) is 22.2 Å². The Morgan fingerprint density at radius 2 is 1.69 bits per heavy atom. The highest BCUT2D eigenvalue weighted by atomic mass is 19.1. The number of benzene rings is 2. The second-order valence-corrected chi connectivity index (χ2v) is 9.95. The third kappa shape index (κ3) is 4.29. The first-order valence-electron chi connectivity index (χ1n) is 12.6. The molecule has 0 spiro atoms. The number of halogens is 1. The lowest BCUT2D eigenvalue weighted by Crippen LogP contribution is -2.46. The average molecular weight is 471 g/mol. The number of piperidine rings is 1. The predicted octanol–water partition coefficient (Wildman–Crippen LogP) is 5.11. The van der Waals surface area contributed by atoms with Crippen molar-refractivity contribution in [3.63, 3.8) is 0 Å². The minimum Gasteiger partial charge on any atom is -0.354 e. The lowest BCUT2D eigenvalue weighted by atomic mass is 10.00. The van der Waals surface area contributed by atoms with Gasteiger partial charge in [0.25, 0.3) is 0 Å². The van der Waals surface area contributed by atoms with E-state index in [2.05, 4.69) is 44.3 Å². The van der Waals surface area contributed by atoms with Crippen molar-refractivity contribution in [3.8, 4) is 11.4 Å². The van der Waals surface area contributed by atoms with Crippen molar-refractivity contribution in [2.24, 2.45) is 7.05 Å². The molecule has 2 aromatic heterocycles. The number of hydrogen-bond acceptors (Lipinski definition) is 5. The van der Waals surface area contributed by atoms with Crippen molar-refractivity contribution in [2.45, 2.75) is 51.2 Å². The van der Waals surface area contributed by atoms with Crippen LogP contribution in [-0.2, 0) is 13.6 Å². The molecule has 0 unspecified atom stereocenters. The van der Waals surface area contributed by atoms with Crippen molar-refractivity contribution in [2.75, 3.05) is 18.0 Å². The SMILES string of the molecule is Cc1cc(F)ccc1CN(C1CC1)C1CCN(c2nnc(-c3ccnn3C)c3ccccc23)CC1. The van der Waals surface area contributed by atoms with Crippen molar-refractivity contribution in [1.29, 1.82) is 0 Å². The Balaban J connectivity index is 1.22. The molecule has 35 heavy (non-hydrogen) atoms. The summed E-state index contributed by atoms with van der Waals surface area (Å²) in [5, 5.41) is 15.9. The van der Waals surface area contributed by atoms with E-state index in [-0.39, 0.29) is 5.82 Å². The summed E-state index contributed by atoms with van der Waals surface area (Å²) in [5.74, 6) is 0.817. The number of rotatable bonds is 6. The van der Waals surface area contributed by atoms with E-state index in [0.29, 0.717) is 12.1 Å². The first-order valence-corrected chi connectivity index (χ1v) is 12.6. The van der Waals surface area contributed by atoms with Crippen LogP contribution in [0.5, 0.6) is 0 Å². The molecule has 4 aromatic rings. The summed E-state index contributed by atoms with van der Waals surface area (Å²) in [6.07, 6.45) is 6.52. The second-order valence-electron chi connectivity index (χ2n) is 9.95. The van der Waals surface area contributed by atoms with Crippen LogP contribution in [0, 0.1) is 12.7 Å². The zero-order valence-corrected chi connectivity index (χ0v) is 20.4. The average Bonchev–Trinajstić information content (AvgIpc) is 3.63. The zero-order valence-electron chi connectivity index (χ0n) is 20.4. The monoisotopic (exact) mass is 470 g/mol. The Morgan fingerprint density at radius 3 is 2.37 bits per heavy atom. The number of anilines is 1. The van der Waals surface area contributed by atoms with Crippen LogP contribution in [0.15, 0.2) is 54.7 Å². The molecule has 2 fully saturated rings. The molecule has 6 rings (SSSR count). The fourth-order valence-electron chi connectivity index (χ4n) is 5.52. The first kappa shape index (κ1) is 22.2. The van der Waals surface area contributed by atoms with E-state index < -0.39 is 0 Å². The standard InChI is InChI=1S/C28H31FN6/c1-19-17-21(29)8-7-20(19)18-35(22-9-10-22)23-12-15-34(16-13-23)28-25-6-4-3-5-24(25)27(31-32-28)26-11-14-30-33(26)2/h3-8,11,14,17,22-23H,9-10,12-13,15-16,18H2,1-2H3. The number of hydrogen-bond donors (Lipinski definition) is 0. The summed E-state index contributed by atoms with van der Waals surface area (Å²) in [4.78, 5) is 5.07. The fraction of sp³-hybridized carbons (Fsp3) is 0.393. The smallest absolute Gasteiger partial charge is 0.159 e. The molecule has 1 saturated carbocycles. The van der Waals surface area contributed by atoms with Gasteiger partial charge in [-0.15, -0.1) is 10.2 Å². The van der Waals surface area contributed by atoms with E-state index in [9.17, 15) is 4.39 Å². The van der Waals surface area contributed by atoms with Crippen LogP contribution in [0.3, 0.4) is 0 Å². The fourth-order valence-corrected chi connectivity index (χ4v) is 5.52. The minimum absolute atomic E-state index is 0.153. The zero-order chi connectivity index (χ0) is 23.9. The lowest BCUT2D eigenvalue weighted by Gasteiger charge is -2.39. The number of aromatic nitrogens is 4. The molecule has 2 aliphatic rings. The quantitative estimate of drug-likeness (QED) is 0.392.